The Morgan fingerprint density at radius 2 is 2.18 bits per heavy atom. The molecule has 2 aromatic rings. The van der Waals surface area contributed by atoms with E-state index in [9.17, 15) is 4.79 Å². The Labute approximate surface area is 179 Å². The van der Waals surface area contributed by atoms with Crippen LogP contribution in [0, 0.1) is 0 Å². The number of pyridine rings is 1. The topological polar surface area (TPSA) is 63.1 Å². The van der Waals surface area contributed by atoms with Gasteiger partial charge in [0.15, 0.2) is 0 Å². The highest BCUT2D eigenvalue weighted by atomic mass is 35.5. The third-order valence-corrected chi connectivity index (χ3v) is 4.89. The molecule has 1 saturated heterocycles. The quantitative estimate of drug-likeness (QED) is 0.700. The van der Waals surface area contributed by atoms with Crippen molar-refractivity contribution in [2.24, 2.45) is 0 Å². The average molecular weight is 428 g/mol. The molecule has 2 aromatic heterocycles. The van der Waals surface area contributed by atoms with Crippen LogP contribution in [0.4, 0.5) is 0 Å². The fourth-order valence-electron chi connectivity index (χ4n) is 3.35. The lowest BCUT2D eigenvalue weighted by Crippen LogP contribution is -2.34. The molecule has 1 aliphatic heterocycles. The maximum Gasteiger partial charge on any atom is 0.244 e. The zero-order chi connectivity index (χ0) is 18.2. The number of nitrogens with one attached hydrogen (secondary N) is 1. The number of unbranched alkanes of at least 4 members (excludes halogenated alkanes) is 1. The second kappa shape index (κ2) is 12.8. The Balaban J connectivity index is 0.00000196. The smallest absolute Gasteiger partial charge is 0.244 e. The lowest BCUT2D eigenvalue weighted by atomic mass is 9.97. The van der Waals surface area contributed by atoms with E-state index in [4.69, 9.17) is 0 Å². The summed E-state index contributed by atoms with van der Waals surface area (Å²) in [6, 6.07) is 7.88. The van der Waals surface area contributed by atoms with Crippen LogP contribution in [-0.2, 0) is 17.9 Å². The molecule has 8 heteroatoms. The van der Waals surface area contributed by atoms with Crippen molar-refractivity contribution in [1.82, 2.24) is 25.0 Å². The largest absolute Gasteiger partial charge is 0.335 e. The summed E-state index contributed by atoms with van der Waals surface area (Å²) >= 11 is 0. The number of carbonyl (C=O) groups is 1. The van der Waals surface area contributed by atoms with Gasteiger partial charge in [0.05, 0.1) is 17.9 Å². The molecule has 3 rings (SSSR count). The van der Waals surface area contributed by atoms with Crippen molar-refractivity contribution in [2.75, 3.05) is 19.6 Å². The van der Waals surface area contributed by atoms with E-state index in [1.165, 1.54) is 12.8 Å². The van der Waals surface area contributed by atoms with Gasteiger partial charge in [-0.3, -0.25) is 14.5 Å². The molecule has 3 heterocycles. The van der Waals surface area contributed by atoms with Crippen LogP contribution in [0.5, 0.6) is 0 Å². The summed E-state index contributed by atoms with van der Waals surface area (Å²) in [5.74, 6) is 0.560. The van der Waals surface area contributed by atoms with Gasteiger partial charge in [-0.1, -0.05) is 19.4 Å². The summed E-state index contributed by atoms with van der Waals surface area (Å²) < 4.78 is 1.78. The first-order valence-corrected chi connectivity index (χ1v) is 9.68. The van der Waals surface area contributed by atoms with E-state index in [1.807, 2.05) is 29.3 Å². The Morgan fingerprint density at radius 3 is 2.86 bits per heavy atom. The molecule has 0 aliphatic carbocycles. The van der Waals surface area contributed by atoms with Gasteiger partial charge in [-0.2, -0.15) is 5.10 Å². The maximum atomic E-state index is 12.8. The number of piperidine rings is 1. The molecular weight excluding hydrogens is 397 g/mol. The summed E-state index contributed by atoms with van der Waals surface area (Å²) in [5, 5.41) is 8.08. The number of nitrogens with zero attached hydrogens (tertiary/aromatic N) is 4. The highest BCUT2D eigenvalue weighted by Gasteiger charge is 2.19. The first kappa shape index (κ1) is 24.4. The lowest BCUT2D eigenvalue weighted by molar-refractivity contribution is -0.132. The first-order valence-electron chi connectivity index (χ1n) is 9.68. The molecule has 0 spiro atoms. The van der Waals surface area contributed by atoms with Crippen LogP contribution < -0.4 is 5.32 Å². The van der Waals surface area contributed by atoms with Crippen LogP contribution >= 0.6 is 24.8 Å². The molecule has 1 fully saturated rings. The molecule has 1 atom stereocenters. The summed E-state index contributed by atoms with van der Waals surface area (Å²) in [4.78, 5) is 19.1. The fraction of sp³-hybridized carbons (Fsp3) is 0.550. The minimum atomic E-state index is 0. The van der Waals surface area contributed by atoms with E-state index in [0.717, 1.165) is 43.9 Å². The van der Waals surface area contributed by atoms with Crippen LogP contribution in [0.3, 0.4) is 0 Å². The van der Waals surface area contributed by atoms with Gasteiger partial charge in [0.25, 0.3) is 0 Å². The Morgan fingerprint density at radius 1 is 1.32 bits per heavy atom. The van der Waals surface area contributed by atoms with Crippen LogP contribution in [0.15, 0.2) is 36.7 Å². The summed E-state index contributed by atoms with van der Waals surface area (Å²) in [6.45, 7) is 5.81. The molecule has 0 saturated carbocycles. The normalized spacial score (nSPS) is 16.0. The number of hydrogen-bond acceptors (Lipinski definition) is 4. The van der Waals surface area contributed by atoms with Crippen LogP contribution in [-0.4, -0.2) is 45.2 Å². The van der Waals surface area contributed by atoms with Crippen molar-refractivity contribution >= 4 is 30.7 Å². The first-order chi connectivity index (χ1) is 12.8. The maximum absolute atomic E-state index is 12.8. The number of aromatic nitrogens is 3. The summed E-state index contributed by atoms with van der Waals surface area (Å²) in [6.07, 6.45) is 8.12. The molecule has 1 N–H and O–H groups in total. The Hall–Kier alpha value is -1.63. The van der Waals surface area contributed by atoms with Crippen molar-refractivity contribution in [3.8, 4) is 0 Å². The van der Waals surface area contributed by atoms with Crippen molar-refractivity contribution in [2.45, 2.75) is 51.6 Å². The Kier molecular flexibility index (Phi) is 11.1. The van der Waals surface area contributed by atoms with Gasteiger partial charge in [0.1, 0.15) is 6.54 Å². The van der Waals surface area contributed by atoms with Gasteiger partial charge in [0.2, 0.25) is 5.91 Å². The van der Waals surface area contributed by atoms with Gasteiger partial charge in [-0.25, -0.2) is 0 Å². The van der Waals surface area contributed by atoms with Crippen molar-refractivity contribution in [1.29, 1.82) is 0 Å². The zero-order valence-corrected chi connectivity index (χ0v) is 18.1. The molecular formula is C20H31Cl2N5O. The third-order valence-electron chi connectivity index (χ3n) is 4.89. The van der Waals surface area contributed by atoms with E-state index >= 15 is 0 Å². The van der Waals surface area contributed by atoms with Gasteiger partial charge in [-0.05, 0) is 44.0 Å². The predicted molar refractivity (Wildman–Crippen MR) is 116 cm³/mol. The summed E-state index contributed by atoms with van der Waals surface area (Å²) in [5.41, 5.74) is 2.02. The van der Waals surface area contributed by atoms with E-state index in [0.29, 0.717) is 12.5 Å². The number of carbonyl (C=O) groups excluding carboxylic acids is 1. The minimum absolute atomic E-state index is 0. The molecule has 1 aliphatic rings. The van der Waals surface area contributed by atoms with Crippen LogP contribution in [0.1, 0.15) is 49.9 Å². The third kappa shape index (κ3) is 7.08. The molecule has 28 heavy (non-hydrogen) atoms. The van der Waals surface area contributed by atoms with Crippen molar-refractivity contribution < 1.29 is 4.79 Å². The minimum Gasteiger partial charge on any atom is -0.335 e. The number of halogens is 2. The Bertz CT molecular complexity index is 689. The SMILES string of the molecule is CCCCN(Cc1ccccn1)C(=O)Cn1ccc(C2CCCNC2)n1.Cl.Cl. The van der Waals surface area contributed by atoms with Crippen molar-refractivity contribution in [3.05, 3.63) is 48.0 Å². The van der Waals surface area contributed by atoms with Crippen molar-refractivity contribution in [3.63, 3.8) is 0 Å². The van der Waals surface area contributed by atoms with Gasteiger partial charge < -0.3 is 10.2 Å². The van der Waals surface area contributed by atoms with E-state index in [-0.39, 0.29) is 37.3 Å². The zero-order valence-electron chi connectivity index (χ0n) is 16.4. The molecule has 0 aromatic carbocycles. The molecule has 1 unspecified atom stereocenters. The molecule has 1 amide bonds. The van der Waals surface area contributed by atoms with E-state index in [2.05, 4.69) is 28.4 Å². The number of amides is 1. The molecule has 156 valence electrons. The molecule has 6 nitrogen and oxygen atoms in total. The van der Waals surface area contributed by atoms with E-state index in [1.54, 1.807) is 10.9 Å². The monoisotopic (exact) mass is 427 g/mol. The van der Waals surface area contributed by atoms with Gasteiger partial charge >= 0.3 is 0 Å². The summed E-state index contributed by atoms with van der Waals surface area (Å²) in [7, 11) is 0. The number of hydrogen-bond donors (Lipinski definition) is 1. The average Bonchev–Trinajstić information content (AvgIpc) is 3.15. The highest BCUT2D eigenvalue weighted by molar-refractivity contribution is 5.85. The standard InChI is InChI=1S/C20H29N5O.2ClH/c1-2-3-12-24(15-18-8-4-5-11-22-18)20(26)16-25-13-9-19(23-25)17-7-6-10-21-14-17;;/h4-5,8-9,11,13,17,21H,2-3,6-7,10,12,14-16H2,1H3;2*1H. The lowest BCUT2D eigenvalue weighted by Gasteiger charge is -2.22. The van der Waals surface area contributed by atoms with Gasteiger partial charge in [0, 0.05) is 31.4 Å². The van der Waals surface area contributed by atoms with E-state index < -0.39 is 0 Å². The predicted octanol–water partition coefficient (Wildman–Crippen LogP) is 3.42. The molecule has 0 radical (unpaired) electrons. The van der Waals surface area contributed by atoms with Crippen LogP contribution in [0.25, 0.3) is 0 Å². The highest BCUT2D eigenvalue weighted by Crippen LogP contribution is 2.21. The number of rotatable bonds is 8. The van der Waals surface area contributed by atoms with Gasteiger partial charge in [-0.15, -0.1) is 24.8 Å². The fourth-order valence-corrected chi connectivity index (χ4v) is 3.35. The second-order valence-electron chi connectivity index (χ2n) is 6.97. The second-order valence-corrected chi connectivity index (χ2v) is 6.97. The van der Waals surface area contributed by atoms with Crippen LogP contribution in [0.2, 0.25) is 0 Å². The molecule has 0 bridgehead atoms.